The molecule has 1 saturated heterocycles. The molecule has 2 N–H and O–H groups in total. The van der Waals surface area contributed by atoms with Crippen molar-refractivity contribution in [2.24, 2.45) is 0 Å². The van der Waals surface area contributed by atoms with Crippen molar-refractivity contribution in [2.45, 2.75) is 6.92 Å². The normalized spacial score (nSPS) is 14.3. The van der Waals surface area contributed by atoms with E-state index in [1.165, 1.54) is 17.5 Å². The fourth-order valence-electron chi connectivity index (χ4n) is 2.21. The van der Waals surface area contributed by atoms with Gasteiger partial charge in [-0.25, -0.2) is 4.98 Å². The average Bonchev–Trinajstić information content (AvgIpc) is 3.03. The number of hydrazine groups is 1. The highest BCUT2D eigenvalue weighted by molar-refractivity contribution is 7.17. The van der Waals surface area contributed by atoms with Crippen molar-refractivity contribution in [3.63, 3.8) is 0 Å². The molecular formula is C15H17N5O3S. The summed E-state index contributed by atoms with van der Waals surface area (Å²) in [6.07, 6.45) is 1.51. The summed E-state index contributed by atoms with van der Waals surface area (Å²) in [7, 11) is 0. The number of thiazole rings is 1. The molecule has 1 fully saturated rings. The summed E-state index contributed by atoms with van der Waals surface area (Å²) < 4.78 is 5.32. The van der Waals surface area contributed by atoms with Crippen LogP contribution in [0.2, 0.25) is 0 Å². The SMILES string of the molecule is Cc1nc(N2CCOCC2)sc1C(=O)NNC(=O)c1ccccn1. The zero-order valence-electron chi connectivity index (χ0n) is 13.1. The van der Waals surface area contributed by atoms with Crippen LogP contribution in [0, 0.1) is 6.92 Å². The summed E-state index contributed by atoms with van der Waals surface area (Å²) >= 11 is 1.30. The van der Waals surface area contributed by atoms with Gasteiger partial charge in [-0.15, -0.1) is 0 Å². The van der Waals surface area contributed by atoms with E-state index >= 15 is 0 Å². The monoisotopic (exact) mass is 347 g/mol. The van der Waals surface area contributed by atoms with Gasteiger partial charge in [0.1, 0.15) is 10.6 Å². The van der Waals surface area contributed by atoms with Crippen molar-refractivity contribution in [1.82, 2.24) is 20.8 Å². The molecule has 3 rings (SSSR count). The van der Waals surface area contributed by atoms with Crippen molar-refractivity contribution in [1.29, 1.82) is 0 Å². The Bertz CT molecular complexity index is 728. The van der Waals surface area contributed by atoms with Gasteiger partial charge in [0.25, 0.3) is 11.8 Å². The zero-order chi connectivity index (χ0) is 16.9. The van der Waals surface area contributed by atoms with E-state index in [0.717, 1.165) is 18.2 Å². The Kier molecular flexibility index (Phi) is 5.02. The highest BCUT2D eigenvalue weighted by Crippen LogP contribution is 2.26. The van der Waals surface area contributed by atoms with E-state index < -0.39 is 11.8 Å². The largest absolute Gasteiger partial charge is 0.378 e. The summed E-state index contributed by atoms with van der Waals surface area (Å²) in [4.78, 5) is 35.1. The van der Waals surface area contributed by atoms with Gasteiger partial charge >= 0.3 is 0 Å². The lowest BCUT2D eigenvalue weighted by Crippen LogP contribution is -2.41. The molecule has 0 spiro atoms. The number of nitrogens with one attached hydrogen (secondary N) is 2. The lowest BCUT2D eigenvalue weighted by Gasteiger charge is -2.25. The zero-order valence-corrected chi connectivity index (χ0v) is 13.9. The maximum Gasteiger partial charge on any atom is 0.288 e. The van der Waals surface area contributed by atoms with E-state index in [0.29, 0.717) is 23.8 Å². The van der Waals surface area contributed by atoms with Gasteiger partial charge in [-0.2, -0.15) is 0 Å². The summed E-state index contributed by atoms with van der Waals surface area (Å²) in [5, 5.41) is 0.789. The van der Waals surface area contributed by atoms with Crippen LogP contribution in [0.4, 0.5) is 5.13 Å². The van der Waals surface area contributed by atoms with Gasteiger partial charge in [0.05, 0.1) is 18.9 Å². The molecule has 0 radical (unpaired) electrons. The number of anilines is 1. The molecule has 0 saturated carbocycles. The Morgan fingerprint density at radius 3 is 2.67 bits per heavy atom. The highest BCUT2D eigenvalue weighted by Gasteiger charge is 2.21. The van der Waals surface area contributed by atoms with Crippen molar-refractivity contribution in [2.75, 3.05) is 31.2 Å². The number of ether oxygens (including phenoxy) is 1. The minimum absolute atomic E-state index is 0.229. The van der Waals surface area contributed by atoms with Gasteiger partial charge in [0.15, 0.2) is 5.13 Å². The Balaban J connectivity index is 1.62. The van der Waals surface area contributed by atoms with Crippen molar-refractivity contribution < 1.29 is 14.3 Å². The van der Waals surface area contributed by atoms with Gasteiger partial charge < -0.3 is 9.64 Å². The predicted octanol–water partition coefficient (Wildman–Crippen LogP) is 0.758. The minimum Gasteiger partial charge on any atom is -0.378 e. The third-order valence-corrected chi connectivity index (χ3v) is 4.68. The molecule has 1 aliphatic rings. The van der Waals surface area contributed by atoms with E-state index in [1.807, 2.05) is 0 Å². The Morgan fingerprint density at radius 2 is 1.96 bits per heavy atom. The lowest BCUT2D eigenvalue weighted by atomic mass is 10.3. The average molecular weight is 347 g/mol. The van der Waals surface area contributed by atoms with Crippen LogP contribution in [0.3, 0.4) is 0 Å². The molecule has 3 heterocycles. The van der Waals surface area contributed by atoms with E-state index in [-0.39, 0.29) is 5.69 Å². The maximum atomic E-state index is 12.3. The summed E-state index contributed by atoms with van der Waals surface area (Å²) in [6, 6.07) is 4.98. The number of carbonyl (C=O) groups is 2. The quantitative estimate of drug-likeness (QED) is 0.796. The summed E-state index contributed by atoms with van der Waals surface area (Å²) in [6.45, 7) is 4.59. The molecular weight excluding hydrogens is 330 g/mol. The van der Waals surface area contributed by atoms with E-state index in [2.05, 4.69) is 25.7 Å². The third-order valence-electron chi connectivity index (χ3n) is 3.46. The number of pyridine rings is 1. The van der Waals surface area contributed by atoms with Gasteiger partial charge in [-0.05, 0) is 19.1 Å². The summed E-state index contributed by atoms with van der Waals surface area (Å²) in [5.74, 6) is -0.867. The molecule has 2 aromatic rings. The molecule has 0 aliphatic carbocycles. The van der Waals surface area contributed by atoms with Crippen LogP contribution in [0.25, 0.3) is 0 Å². The molecule has 2 amide bonds. The molecule has 0 atom stereocenters. The van der Waals surface area contributed by atoms with Crippen LogP contribution in [0.1, 0.15) is 25.9 Å². The number of amides is 2. The van der Waals surface area contributed by atoms with Crippen LogP contribution < -0.4 is 15.8 Å². The number of aryl methyl sites for hydroxylation is 1. The Morgan fingerprint density at radius 1 is 1.21 bits per heavy atom. The topological polar surface area (TPSA) is 96.5 Å². The van der Waals surface area contributed by atoms with Crippen LogP contribution in [-0.2, 0) is 4.74 Å². The van der Waals surface area contributed by atoms with Crippen molar-refractivity contribution >= 4 is 28.3 Å². The molecule has 0 aromatic carbocycles. The first kappa shape index (κ1) is 16.3. The number of aromatic nitrogens is 2. The fourth-order valence-corrected chi connectivity index (χ4v) is 3.23. The molecule has 9 heteroatoms. The first-order valence-corrected chi connectivity index (χ1v) is 8.28. The number of carbonyl (C=O) groups excluding carboxylic acids is 2. The Hall–Kier alpha value is -2.52. The highest BCUT2D eigenvalue weighted by atomic mass is 32.1. The summed E-state index contributed by atoms with van der Waals surface area (Å²) in [5.41, 5.74) is 5.62. The first-order valence-electron chi connectivity index (χ1n) is 7.47. The first-order chi connectivity index (χ1) is 11.6. The Labute approximate surface area is 142 Å². The van der Waals surface area contributed by atoms with Crippen LogP contribution in [0.5, 0.6) is 0 Å². The fraction of sp³-hybridized carbons (Fsp3) is 0.333. The molecule has 24 heavy (non-hydrogen) atoms. The third kappa shape index (κ3) is 3.69. The predicted molar refractivity (Wildman–Crippen MR) is 89.1 cm³/mol. The molecule has 1 aliphatic heterocycles. The molecule has 0 unspecified atom stereocenters. The molecule has 2 aromatic heterocycles. The molecule has 126 valence electrons. The lowest BCUT2D eigenvalue weighted by molar-refractivity contribution is 0.0845. The number of hydrogen-bond acceptors (Lipinski definition) is 7. The number of rotatable bonds is 3. The van der Waals surface area contributed by atoms with E-state index in [4.69, 9.17) is 4.74 Å². The van der Waals surface area contributed by atoms with Crippen LogP contribution in [0.15, 0.2) is 24.4 Å². The number of hydrogen-bond donors (Lipinski definition) is 2. The van der Waals surface area contributed by atoms with Gasteiger partial charge in [0, 0.05) is 19.3 Å². The van der Waals surface area contributed by atoms with Crippen LogP contribution in [-0.4, -0.2) is 48.1 Å². The standard InChI is InChI=1S/C15H17N5O3S/c1-10-12(24-15(17-10)20-6-8-23-9-7-20)14(22)19-18-13(21)11-4-2-3-5-16-11/h2-5H,6-9H2,1H3,(H,18,21)(H,19,22). The van der Waals surface area contributed by atoms with E-state index in [9.17, 15) is 9.59 Å². The number of morpholine rings is 1. The second-order valence-corrected chi connectivity index (χ2v) is 6.11. The van der Waals surface area contributed by atoms with Gasteiger partial charge in [0.2, 0.25) is 0 Å². The molecule has 0 bridgehead atoms. The smallest absolute Gasteiger partial charge is 0.288 e. The maximum absolute atomic E-state index is 12.3. The second kappa shape index (κ2) is 7.37. The van der Waals surface area contributed by atoms with Crippen molar-refractivity contribution in [3.8, 4) is 0 Å². The van der Waals surface area contributed by atoms with Crippen molar-refractivity contribution in [3.05, 3.63) is 40.7 Å². The molecule has 8 nitrogen and oxygen atoms in total. The number of nitrogens with zero attached hydrogens (tertiary/aromatic N) is 3. The van der Waals surface area contributed by atoms with Crippen LogP contribution >= 0.6 is 11.3 Å². The van der Waals surface area contributed by atoms with Gasteiger partial charge in [-0.1, -0.05) is 17.4 Å². The van der Waals surface area contributed by atoms with E-state index in [1.54, 1.807) is 25.1 Å². The second-order valence-electron chi connectivity index (χ2n) is 5.13. The minimum atomic E-state index is -0.473. The van der Waals surface area contributed by atoms with Gasteiger partial charge in [-0.3, -0.25) is 25.4 Å².